The Morgan fingerprint density at radius 3 is 2.50 bits per heavy atom. The second kappa shape index (κ2) is 8.17. The molecule has 5 nitrogen and oxygen atoms in total. The van der Waals surface area contributed by atoms with Crippen molar-refractivity contribution in [3.63, 3.8) is 0 Å². The smallest absolute Gasteiger partial charge is 0.236 e. The molecule has 0 aromatic carbocycles. The van der Waals surface area contributed by atoms with Crippen LogP contribution in [0.2, 0.25) is 0 Å². The maximum Gasteiger partial charge on any atom is 0.236 e. The number of hydrogen-bond acceptors (Lipinski definition) is 4. The number of carbonyl (C=O) groups excluding carboxylic acids is 1. The molecule has 0 aromatic rings. The topological polar surface area (TPSA) is 58.8 Å². The number of likely N-dealkylation sites (tertiary alicyclic amines) is 1. The van der Waals surface area contributed by atoms with Crippen LogP contribution in [-0.4, -0.2) is 67.7 Å². The summed E-state index contributed by atoms with van der Waals surface area (Å²) in [6.45, 7) is 9.62. The maximum absolute atomic E-state index is 12.4. The van der Waals surface area contributed by atoms with Gasteiger partial charge in [-0.05, 0) is 18.3 Å². The summed E-state index contributed by atoms with van der Waals surface area (Å²) >= 11 is 0. The van der Waals surface area contributed by atoms with E-state index in [1.165, 1.54) is 6.42 Å². The molecule has 6 heteroatoms. The van der Waals surface area contributed by atoms with Gasteiger partial charge in [-0.25, -0.2) is 0 Å². The lowest BCUT2D eigenvalue weighted by molar-refractivity contribution is -0.137. The lowest BCUT2D eigenvalue weighted by atomic mass is 9.92. The van der Waals surface area contributed by atoms with Gasteiger partial charge in [-0.15, -0.1) is 12.4 Å². The SMILES string of the molecule is CC1CC(C)CN(C(=O)CN2CCOC(CN)C2)C1.Cl. The highest BCUT2D eigenvalue weighted by Gasteiger charge is 2.28. The van der Waals surface area contributed by atoms with Gasteiger partial charge in [0.1, 0.15) is 0 Å². The lowest BCUT2D eigenvalue weighted by Crippen LogP contribution is -2.51. The third-order valence-electron chi connectivity index (χ3n) is 4.07. The first-order chi connectivity index (χ1) is 9.08. The van der Waals surface area contributed by atoms with Gasteiger partial charge in [-0.2, -0.15) is 0 Å². The molecule has 0 bridgehead atoms. The van der Waals surface area contributed by atoms with E-state index in [0.717, 1.165) is 26.2 Å². The highest BCUT2D eigenvalue weighted by atomic mass is 35.5. The minimum Gasteiger partial charge on any atom is -0.374 e. The number of carbonyl (C=O) groups is 1. The number of rotatable bonds is 3. The first-order valence-electron chi connectivity index (χ1n) is 7.40. The van der Waals surface area contributed by atoms with Gasteiger partial charge in [0, 0.05) is 32.7 Å². The summed E-state index contributed by atoms with van der Waals surface area (Å²) < 4.78 is 5.53. The van der Waals surface area contributed by atoms with E-state index in [2.05, 4.69) is 18.7 Å². The molecule has 0 saturated carbocycles. The Morgan fingerprint density at radius 1 is 1.25 bits per heavy atom. The van der Waals surface area contributed by atoms with Gasteiger partial charge in [0.15, 0.2) is 0 Å². The van der Waals surface area contributed by atoms with Crippen molar-refractivity contribution < 1.29 is 9.53 Å². The molecule has 3 unspecified atom stereocenters. The minimum atomic E-state index is 0. The Labute approximate surface area is 128 Å². The van der Waals surface area contributed by atoms with Crippen LogP contribution in [0.4, 0.5) is 0 Å². The van der Waals surface area contributed by atoms with Gasteiger partial charge in [0.05, 0.1) is 19.3 Å². The largest absolute Gasteiger partial charge is 0.374 e. The Hall–Kier alpha value is -0.360. The molecule has 0 radical (unpaired) electrons. The van der Waals surface area contributed by atoms with Crippen LogP contribution in [0.5, 0.6) is 0 Å². The molecule has 2 aliphatic heterocycles. The highest BCUT2D eigenvalue weighted by molar-refractivity contribution is 5.85. The standard InChI is InChI=1S/C14H27N3O2.ClH/c1-11-5-12(2)8-17(7-11)14(18)10-16-3-4-19-13(6-15)9-16;/h11-13H,3-10,15H2,1-2H3;1H. The molecular formula is C14H28ClN3O2. The number of halogens is 1. The molecule has 2 heterocycles. The van der Waals surface area contributed by atoms with Crippen LogP contribution in [0.1, 0.15) is 20.3 Å². The van der Waals surface area contributed by atoms with Gasteiger partial charge in [0.25, 0.3) is 0 Å². The number of hydrogen-bond donors (Lipinski definition) is 1. The van der Waals surface area contributed by atoms with E-state index in [-0.39, 0.29) is 24.4 Å². The zero-order valence-corrected chi connectivity index (χ0v) is 13.4. The molecule has 2 aliphatic rings. The summed E-state index contributed by atoms with van der Waals surface area (Å²) in [6.07, 6.45) is 1.32. The molecule has 3 atom stereocenters. The van der Waals surface area contributed by atoms with Crippen molar-refractivity contribution in [1.29, 1.82) is 0 Å². The molecular weight excluding hydrogens is 278 g/mol. The number of amides is 1. The number of nitrogens with two attached hydrogens (primary N) is 1. The van der Waals surface area contributed by atoms with Crippen molar-refractivity contribution in [3.05, 3.63) is 0 Å². The molecule has 0 spiro atoms. The molecule has 1 amide bonds. The molecule has 118 valence electrons. The molecule has 20 heavy (non-hydrogen) atoms. The summed E-state index contributed by atoms with van der Waals surface area (Å²) in [5.74, 6) is 1.50. The number of morpholine rings is 1. The van der Waals surface area contributed by atoms with Gasteiger partial charge in [-0.3, -0.25) is 9.69 Å². The molecule has 2 saturated heterocycles. The van der Waals surface area contributed by atoms with Gasteiger partial charge in [0.2, 0.25) is 5.91 Å². The van der Waals surface area contributed by atoms with Crippen molar-refractivity contribution in [2.24, 2.45) is 17.6 Å². The van der Waals surface area contributed by atoms with E-state index >= 15 is 0 Å². The van der Waals surface area contributed by atoms with Crippen LogP contribution in [0.3, 0.4) is 0 Å². The molecule has 2 N–H and O–H groups in total. The first kappa shape index (κ1) is 17.7. The average Bonchev–Trinajstić information content (AvgIpc) is 2.37. The third kappa shape index (κ3) is 4.88. The first-order valence-corrected chi connectivity index (χ1v) is 7.40. The van der Waals surface area contributed by atoms with Crippen molar-refractivity contribution in [2.45, 2.75) is 26.4 Å². The Kier molecular flexibility index (Phi) is 7.23. The summed E-state index contributed by atoms with van der Waals surface area (Å²) in [4.78, 5) is 16.6. The molecule has 2 rings (SSSR count). The Bertz CT molecular complexity index is 307. The van der Waals surface area contributed by atoms with Gasteiger partial charge < -0.3 is 15.4 Å². The number of piperidine rings is 1. The third-order valence-corrected chi connectivity index (χ3v) is 4.07. The monoisotopic (exact) mass is 305 g/mol. The van der Waals surface area contributed by atoms with Crippen molar-refractivity contribution in [2.75, 3.05) is 45.9 Å². The quantitative estimate of drug-likeness (QED) is 0.828. The van der Waals surface area contributed by atoms with E-state index in [1.54, 1.807) is 0 Å². The summed E-state index contributed by atoms with van der Waals surface area (Å²) in [7, 11) is 0. The summed E-state index contributed by atoms with van der Waals surface area (Å²) in [5.41, 5.74) is 5.63. The van der Waals surface area contributed by atoms with E-state index < -0.39 is 0 Å². The van der Waals surface area contributed by atoms with Crippen molar-refractivity contribution >= 4 is 18.3 Å². The lowest BCUT2D eigenvalue weighted by Gasteiger charge is -2.37. The second-order valence-electron chi connectivity index (χ2n) is 6.21. The van der Waals surface area contributed by atoms with E-state index in [0.29, 0.717) is 31.5 Å². The predicted octanol–water partition coefficient (Wildman–Crippen LogP) is 0.572. The molecule has 0 aliphatic carbocycles. The van der Waals surface area contributed by atoms with Gasteiger partial charge >= 0.3 is 0 Å². The number of nitrogens with zero attached hydrogens (tertiary/aromatic N) is 2. The van der Waals surface area contributed by atoms with E-state index in [1.807, 2.05) is 4.90 Å². The van der Waals surface area contributed by atoms with Crippen LogP contribution in [-0.2, 0) is 9.53 Å². The fraction of sp³-hybridized carbons (Fsp3) is 0.929. The van der Waals surface area contributed by atoms with Crippen molar-refractivity contribution in [3.8, 4) is 0 Å². The van der Waals surface area contributed by atoms with Crippen LogP contribution in [0.25, 0.3) is 0 Å². The summed E-state index contributed by atoms with van der Waals surface area (Å²) in [6, 6.07) is 0. The average molecular weight is 306 g/mol. The van der Waals surface area contributed by atoms with Gasteiger partial charge in [-0.1, -0.05) is 13.8 Å². The van der Waals surface area contributed by atoms with E-state index in [4.69, 9.17) is 10.5 Å². The zero-order chi connectivity index (χ0) is 13.8. The Morgan fingerprint density at radius 2 is 1.90 bits per heavy atom. The predicted molar refractivity (Wildman–Crippen MR) is 82.0 cm³/mol. The minimum absolute atomic E-state index is 0. The van der Waals surface area contributed by atoms with E-state index in [9.17, 15) is 4.79 Å². The van der Waals surface area contributed by atoms with Crippen LogP contribution >= 0.6 is 12.4 Å². The summed E-state index contributed by atoms with van der Waals surface area (Å²) in [5, 5.41) is 0. The maximum atomic E-state index is 12.4. The molecule has 0 aromatic heterocycles. The van der Waals surface area contributed by atoms with Crippen LogP contribution < -0.4 is 5.73 Å². The second-order valence-corrected chi connectivity index (χ2v) is 6.21. The highest BCUT2D eigenvalue weighted by Crippen LogP contribution is 2.21. The number of ether oxygens (including phenoxy) is 1. The van der Waals surface area contributed by atoms with Crippen LogP contribution in [0, 0.1) is 11.8 Å². The fourth-order valence-electron chi connectivity index (χ4n) is 3.22. The molecule has 2 fully saturated rings. The normalized spacial score (nSPS) is 31.8. The Balaban J connectivity index is 0.00000200. The van der Waals surface area contributed by atoms with Crippen LogP contribution in [0.15, 0.2) is 0 Å². The fourth-order valence-corrected chi connectivity index (χ4v) is 3.22. The zero-order valence-electron chi connectivity index (χ0n) is 12.6. The van der Waals surface area contributed by atoms with Crippen molar-refractivity contribution in [1.82, 2.24) is 9.80 Å².